The van der Waals surface area contributed by atoms with Crippen molar-refractivity contribution in [2.45, 2.75) is 23.3 Å². The van der Waals surface area contributed by atoms with E-state index in [0.717, 1.165) is 11.1 Å². The van der Waals surface area contributed by atoms with E-state index in [2.05, 4.69) is 0 Å². The molecule has 0 aliphatic rings. The third-order valence-electron chi connectivity index (χ3n) is 5.37. The van der Waals surface area contributed by atoms with Gasteiger partial charge in [-0.2, -0.15) is 0 Å². The molecule has 3 aromatic carbocycles. The van der Waals surface area contributed by atoms with Crippen molar-refractivity contribution < 1.29 is 17.9 Å². The highest BCUT2D eigenvalue weighted by atomic mass is 32.2. The van der Waals surface area contributed by atoms with E-state index in [4.69, 9.17) is 9.47 Å². The molecule has 7 heteroatoms. The Morgan fingerprint density at radius 2 is 1.50 bits per heavy atom. The van der Waals surface area contributed by atoms with Crippen LogP contribution in [0, 0.1) is 6.92 Å². The Morgan fingerprint density at radius 3 is 2.12 bits per heavy atom. The van der Waals surface area contributed by atoms with Crippen LogP contribution in [-0.4, -0.2) is 27.2 Å². The van der Waals surface area contributed by atoms with Crippen LogP contribution in [-0.2, 0) is 16.4 Å². The van der Waals surface area contributed by atoms with Crippen LogP contribution in [0.5, 0.6) is 11.5 Å². The number of aryl methyl sites for hydroxylation is 1. The SMILES string of the molecule is COc1cc2c(=O)c(S(=O)(=O)c3ccc(C)cc3)cn(Cc3ccccc3)c2cc1OC. The Bertz CT molecular complexity index is 1440. The fourth-order valence-electron chi connectivity index (χ4n) is 3.64. The van der Waals surface area contributed by atoms with E-state index in [9.17, 15) is 13.2 Å². The molecule has 0 radical (unpaired) electrons. The molecule has 0 spiro atoms. The summed E-state index contributed by atoms with van der Waals surface area (Å²) >= 11 is 0. The Balaban J connectivity index is 2.02. The van der Waals surface area contributed by atoms with Crippen molar-refractivity contribution >= 4 is 20.7 Å². The van der Waals surface area contributed by atoms with Gasteiger partial charge in [0.2, 0.25) is 15.3 Å². The van der Waals surface area contributed by atoms with E-state index in [0.29, 0.717) is 23.6 Å². The highest BCUT2D eigenvalue weighted by Gasteiger charge is 2.25. The van der Waals surface area contributed by atoms with Crippen molar-refractivity contribution in [2.24, 2.45) is 0 Å². The summed E-state index contributed by atoms with van der Waals surface area (Å²) < 4.78 is 39.4. The lowest BCUT2D eigenvalue weighted by Crippen LogP contribution is -2.20. The minimum atomic E-state index is -4.03. The average Bonchev–Trinajstić information content (AvgIpc) is 2.80. The molecule has 1 heterocycles. The van der Waals surface area contributed by atoms with Crippen molar-refractivity contribution in [3.63, 3.8) is 0 Å². The van der Waals surface area contributed by atoms with Gasteiger partial charge in [-0.25, -0.2) is 8.42 Å². The van der Waals surface area contributed by atoms with Gasteiger partial charge in [-0.05, 0) is 30.7 Å². The van der Waals surface area contributed by atoms with Crippen molar-refractivity contribution in [1.29, 1.82) is 0 Å². The van der Waals surface area contributed by atoms with E-state index in [-0.39, 0.29) is 15.2 Å². The summed E-state index contributed by atoms with van der Waals surface area (Å²) in [5.74, 6) is 0.809. The van der Waals surface area contributed by atoms with Crippen LogP contribution < -0.4 is 14.9 Å². The van der Waals surface area contributed by atoms with Crippen molar-refractivity contribution in [3.8, 4) is 11.5 Å². The molecule has 0 aliphatic carbocycles. The molecule has 6 nitrogen and oxygen atoms in total. The first-order valence-corrected chi connectivity index (χ1v) is 11.5. The van der Waals surface area contributed by atoms with Crippen LogP contribution in [0.1, 0.15) is 11.1 Å². The minimum Gasteiger partial charge on any atom is -0.493 e. The number of methoxy groups -OCH3 is 2. The summed E-state index contributed by atoms with van der Waals surface area (Å²) in [5.41, 5.74) is 1.87. The first-order chi connectivity index (χ1) is 15.3. The topological polar surface area (TPSA) is 74.6 Å². The Hall–Kier alpha value is -3.58. The molecule has 4 rings (SSSR count). The number of ether oxygens (including phenoxy) is 2. The molecular weight excluding hydrogens is 426 g/mol. The Kier molecular flexibility index (Phi) is 5.76. The average molecular weight is 450 g/mol. The predicted octanol–water partition coefficient (Wildman–Crippen LogP) is 4.21. The number of rotatable bonds is 6. The number of fused-ring (bicyclic) bond motifs is 1. The fourth-order valence-corrected chi connectivity index (χ4v) is 5.01. The van der Waals surface area contributed by atoms with E-state index in [1.807, 2.05) is 37.3 Å². The monoisotopic (exact) mass is 449 g/mol. The highest BCUT2D eigenvalue weighted by Crippen LogP contribution is 2.32. The molecule has 4 aromatic rings. The van der Waals surface area contributed by atoms with Gasteiger partial charge < -0.3 is 14.0 Å². The Labute approximate surface area is 186 Å². The van der Waals surface area contributed by atoms with E-state index in [1.165, 1.54) is 38.6 Å². The first-order valence-electron chi connectivity index (χ1n) is 10.00. The summed E-state index contributed by atoms with van der Waals surface area (Å²) in [6.45, 7) is 2.25. The molecule has 0 fully saturated rings. The van der Waals surface area contributed by atoms with Gasteiger partial charge in [0.25, 0.3) is 0 Å². The summed E-state index contributed by atoms with van der Waals surface area (Å²) in [6, 6.07) is 19.3. The number of nitrogens with zero attached hydrogens (tertiary/aromatic N) is 1. The standard InChI is InChI=1S/C25H23NO5S/c1-17-9-11-19(12-10-17)32(28,29)24-16-26(15-18-7-5-4-6-8-18)21-14-23(31-3)22(30-2)13-20(21)25(24)27/h4-14,16H,15H2,1-3H3. The fraction of sp³-hybridized carbons (Fsp3) is 0.160. The maximum atomic E-state index is 13.4. The number of hydrogen-bond acceptors (Lipinski definition) is 5. The Morgan fingerprint density at radius 1 is 0.875 bits per heavy atom. The van der Waals surface area contributed by atoms with Gasteiger partial charge in [0.1, 0.15) is 4.90 Å². The molecule has 0 aliphatic heterocycles. The molecule has 32 heavy (non-hydrogen) atoms. The molecular formula is C25H23NO5S. The summed E-state index contributed by atoms with van der Waals surface area (Å²) in [6.07, 6.45) is 1.42. The number of sulfone groups is 1. The van der Waals surface area contributed by atoms with E-state index < -0.39 is 15.3 Å². The second kappa shape index (κ2) is 8.51. The molecule has 0 saturated carbocycles. The highest BCUT2D eigenvalue weighted by molar-refractivity contribution is 7.91. The van der Waals surface area contributed by atoms with Crippen molar-refractivity contribution in [1.82, 2.24) is 4.57 Å². The summed E-state index contributed by atoms with van der Waals surface area (Å²) in [5, 5.41) is 0.242. The van der Waals surface area contributed by atoms with Gasteiger partial charge in [-0.3, -0.25) is 4.79 Å². The summed E-state index contributed by atoms with van der Waals surface area (Å²) in [7, 11) is -1.05. The number of benzene rings is 3. The van der Waals surface area contributed by atoms with E-state index >= 15 is 0 Å². The van der Waals surface area contributed by atoms with Gasteiger partial charge in [-0.1, -0.05) is 48.0 Å². The number of aromatic nitrogens is 1. The molecule has 0 N–H and O–H groups in total. The third-order valence-corrected chi connectivity index (χ3v) is 7.13. The van der Waals surface area contributed by atoms with Crippen LogP contribution in [0.25, 0.3) is 10.9 Å². The first kappa shape index (κ1) is 21.6. The zero-order valence-electron chi connectivity index (χ0n) is 18.0. The molecule has 1 aromatic heterocycles. The second-order valence-electron chi connectivity index (χ2n) is 7.48. The van der Waals surface area contributed by atoms with Gasteiger partial charge in [0.05, 0.1) is 30.0 Å². The quantitative estimate of drug-likeness (QED) is 0.441. The minimum absolute atomic E-state index is 0.0753. The predicted molar refractivity (Wildman–Crippen MR) is 123 cm³/mol. The molecule has 0 saturated heterocycles. The van der Waals surface area contributed by atoms with Gasteiger partial charge in [0.15, 0.2) is 11.5 Å². The van der Waals surface area contributed by atoms with Crippen LogP contribution in [0.4, 0.5) is 0 Å². The van der Waals surface area contributed by atoms with Crippen LogP contribution >= 0.6 is 0 Å². The maximum absolute atomic E-state index is 13.4. The lowest BCUT2D eigenvalue weighted by atomic mass is 10.1. The zero-order valence-corrected chi connectivity index (χ0v) is 18.8. The lowest BCUT2D eigenvalue weighted by molar-refractivity contribution is 0.355. The zero-order chi connectivity index (χ0) is 22.9. The molecule has 164 valence electrons. The molecule has 0 bridgehead atoms. The van der Waals surface area contributed by atoms with Crippen molar-refractivity contribution in [2.75, 3.05) is 14.2 Å². The maximum Gasteiger partial charge on any atom is 0.211 e. The van der Waals surface area contributed by atoms with Gasteiger partial charge in [0, 0.05) is 18.8 Å². The largest absolute Gasteiger partial charge is 0.493 e. The van der Waals surface area contributed by atoms with Crippen LogP contribution in [0.2, 0.25) is 0 Å². The van der Waals surface area contributed by atoms with Gasteiger partial charge in [-0.15, -0.1) is 0 Å². The lowest BCUT2D eigenvalue weighted by Gasteiger charge is -2.16. The summed E-state index contributed by atoms with van der Waals surface area (Å²) in [4.78, 5) is 13.2. The van der Waals surface area contributed by atoms with Crippen LogP contribution in [0.15, 0.2) is 87.5 Å². The third kappa shape index (κ3) is 3.87. The van der Waals surface area contributed by atoms with Crippen LogP contribution in [0.3, 0.4) is 0 Å². The smallest absolute Gasteiger partial charge is 0.211 e. The van der Waals surface area contributed by atoms with E-state index in [1.54, 1.807) is 22.8 Å². The molecule has 0 amide bonds. The molecule has 0 unspecified atom stereocenters. The van der Waals surface area contributed by atoms with Gasteiger partial charge >= 0.3 is 0 Å². The number of hydrogen-bond donors (Lipinski definition) is 0. The normalized spacial score (nSPS) is 11.5. The molecule has 0 atom stereocenters. The number of pyridine rings is 1. The van der Waals surface area contributed by atoms with Crippen molar-refractivity contribution in [3.05, 3.63) is 94.3 Å². The second-order valence-corrected chi connectivity index (χ2v) is 9.39.